The van der Waals surface area contributed by atoms with Crippen molar-refractivity contribution in [3.63, 3.8) is 0 Å². The minimum Gasteiger partial charge on any atom is -0.258 e. The van der Waals surface area contributed by atoms with Crippen LogP contribution in [-0.4, -0.2) is 23.3 Å². The Hall–Kier alpha value is -2.91. The fraction of sp³-hybridized carbons (Fsp3) is 0. The molecule has 0 aliphatic carbocycles. The minimum absolute atomic E-state index is 0.0695. The van der Waals surface area contributed by atoms with Crippen molar-refractivity contribution >= 4 is 26.7 Å². The number of nitrogens with two attached hydrogens (primary N) is 1. The van der Waals surface area contributed by atoms with Crippen LogP contribution in [0, 0.1) is 10.1 Å². The first-order chi connectivity index (χ1) is 10.9. The van der Waals surface area contributed by atoms with Gasteiger partial charge in [-0.2, -0.15) is 0 Å². The van der Waals surface area contributed by atoms with Crippen LogP contribution in [0.4, 0.5) is 5.69 Å². The molecule has 8 nitrogen and oxygen atoms in total. The number of rotatable bonds is 3. The predicted molar refractivity (Wildman–Crippen MR) is 83.0 cm³/mol. The topological polar surface area (TPSA) is 129 Å². The Kier molecular flexibility index (Phi) is 3.51. The van der Waals surface area contributed by atoms with Crippen LogP contribution in [0.3, 0.4) is 0 Å². The number of nitro benzene ring substituents is 1. The van der Waals surface area contributed by atoms with Gasteiger partial charge in [-0.05, 0) is 18.2 Å². The fourth-order valence-corrected chi connectivity index (χ4v) is 3.01. The molecular weight excluding hydrogens is 320 g/mol. The van der Waals surface area contributed by atoms with Crippen molar-refractivity contribution in [1.82, 2.24) is 9.97 Å². The van der Waals surface area contributed by atoms with Gasteiger partial charge in [-0.1, -0.05) is 18.2 Å². The van der Waals surface area contributed by atoms with Crippen molar-refractivity contribution in [2.75, 3.05) is 0 Å². The Morgan fingerprint density at radius 2 is 1.74 bits per heavy atom. The molecule has 0 bridgehead atoms. The highest BCUT2D eigenvalue weighted by Gasteiger charge is 2.26. The number of fused-ring (bicyclic) bond motifs is 1. The van der Waals surface area contributed by atoms with Gasteiger partial charge in [0.05, 0.1) is 38.3 Å². The molecule has 2 aromatic carbocycles. The van der Waals surface area contributed by atoms with Crippen LogP contribution in [0.5, 0.6) is 0 Å². The number of aromatic nitrogens is 2. The molecule has 116 valence electrons. The number of hydrogen-bond donors (Lipinski definition) is 1. The molecule has 0 unspecified atom stereocenters. The zero-order valence-electron chi connectivity index (χ0n) is 11.6. The van der Waals surface area contributed by atoms with Gasteiger partial charge in [0.1, 0.15) is 0 Å². The Morgan fingerprint density at radius 3 is 2.39 bits per heavy atom. The highest BCUT2D eigenvalue weighted by Crippen LogP contribution is 2.34. The summed E-state index contributed by atoms with van der Waals surface area (Å²) in [6, 6.07) is 10.6. The van der Waals surface area contributed by atoms with E-state index in [0.717, 1.165) is 0 Å². The third-order valence-electron chi connectivity index (χ3n) is 3.21. The SMILES string of the molecule is NS(=O)(=O)c1cccc([N+](=O)[O-])c1-c1cnc2ccccc2n1. The molecule has 1 heterocycles. The quantitative estimate of drug-likeness (QED) is 0.576. The molecular formula is C14H10N4O4S. The molecule has 0 radical (unpaired) electrons. The van der Waals surface area contributed by atoms with Gasteiger partial charge in [0, 0.05) is 6.07 Å². The van der Waals surface area contributed by atoms with E-state index in [4.69, 9.17) is 5.14 Å². The van der Waals surface area contributed by atoms with Gasteiger partial charge in [-0.15, -0.1) is 0 Å². The predicted octanol–water partition coefficient (Wildman–Crippen LogP) is 1.85. The Labute approximate surface area is 130 Å². The second-order valence-corrected chi connectivity index (χ2v) is 6.23. The molecule has 2 N–H and O–H groups in total. The van der Waals surface area contributed by atoms with Crippen LogP contribution in [-0.2, 0) is 10.0 Å². The van der Waals surface area contributed by atoms with Crippen molar-refractivity contribution in [2.24, 2.45) is 5.14 Å². The van der Waals surface area contributed by atoms with Crippen molar-refractivity contribution in [3.8, 4) is 11.3 Å². The monoisotopic (exact) mass is 330 g/mol. The van der Waals surface area contributed by atoms with Gasteiger partial charge >= 0.3 is 0 Å². The molecule has 0 aliphatic heterocycles. The Morgan fingerprint density at radius 1 is 1.04 bits per heavy atom. The summed E-state index contributed by atoms with van der Waals surface area (Å²) in [5, 5.41) is 16.4. The van der Waals surface area contributed by atoms with Gasteiger partial charge in [0.25, 0.3) is 5.69 Å². The van der Waals surface area contributed by atoms with Crippen LogP contribution in [0.2, 0.25) is 0 Å². The molecule has 3 aromatic rings. The van der Waals surface area contributed by atoms with E-state index in [0.29, 0.717) is 11.0 Å². The maximum Gasteiger partial charge on any atom is 0.280 e. The van der Waals surface area contributed by atoms with Crippen molar-refractivity contribution in [3.05, 3.63) is 58.8 Å². The first-order valence-corrected chi connectivity index (χ1v) is 7.95. The summed E-state index contributed by atoms with van der Waals surface area (Å²) < 4.78 is 23.5. The summed E-state index contributed by atoms with van der Waals surface area (Å²) in [6.45, 7) is 0. The van der Waals surface area contributed by atoms with Crippen LogP contribution in [0.15, 0.2) is 53.6 Å². The number of para-hydroxylation sites is 2. The van der Waals surface area contributed by atoms with E-state index < -0.39 is 20.6 Å². The molecule has 0 atom stereocenters. The summed E-state index contributed by atoms with van der Waals surface area (Å²) in [4.78, 5) is 18.7. The van der Waals surface area contributed by atoms with Gasteiger partial charge in [-0.25, -0.2) is 18.5 Å². The molecule has 0 saturated carbocycles. The lowest BCUT2D eigenvalue weighted by atomic mass is 10.1. The Bertz CT molecular complexity index is 1030. The minimum atomic E-state index is -4.16. The average Bonchev–Trinajstić information content (AvgIpc) is 2.52. The summed E-state index contributed by atoms with van der Waals surface area (Å²) in [5.41, 5.74) is 0.579. The first-order valence-electron chi connectivity index (χ1n) is 6.40. The maximum atomic E-state index is 11.8. The second kappa shape index (κ2) is 5.38. The molecule has 3 rings (SSSR count). The smallest absolute Gasteiger partial charge is 0.258 e. The molecule has 0 saturated heterocycles. The lowest BCUT2D eigenvalue weighted by molar-refractivity contribution is -0.384. The zero-order chi connectivity index (χ0) is 16.6. The van der Waals surface area contributed by atoms with E-state index >= 15 is 0 Å². The molecule has 9 heteroatoms. The van der Waals surface area contributed by atoms with E-state index in [2.05, 4.69) is 9.97 Å². The average molecular weight is 330 g/mol. The van der Waals surface area contributed by atoms with E-state index in [1.807, 2.05) is 0 Å². The normalized spacial score (nSPS) is 11.5. The molecule has 0 aliphatic rings. The zero-order valence-corrected chi connectivity index (χ0v) is 12.4. The summed E-state index contributed by atoms with van der Waals surface area (Å²) in [7, 11) is -4.16. The number of nitro groups is 1. The molecule has 0 spiro atoms. The van der Waals surface area contributed by atoms with Crippen molar-refractivity contribution in [2.45, 2.75) is 4.90 Å². The van der Waals surface area contributed by atoms with Gasteiger partial charge in [-0.3, -0.25) is 15.1 Å². The molecule has 0 amide bonds. The van der Waals surface area contributed by atoms with E-state index in [-0.39, 0.29) is 16.2 Å². The van der Waals surface area contributed by atoms with Crippen LogP contribution >= 0.6 is 0 Å². The van der Waals surface area contributed by atoms with Gasteiger partial charge < -0.3 is 0 Å². The molecule has 1 aromatic heterocycles. The van der Waals surface area contributed by atoms with Gasteiger partial charge in [0.2, 0.25) is 10.0 Å². The summed E-state index contributed by atoms with van der Waals surface area (Å²) in [6.07, 6.45) is 1.29. The van der Waals surface area contributed by atoms with Gasteiger partial charge in [0.15, 0.2) is 0 Å². The van der Waals surface area contributed by atoms with Crippen LogP contribution < -0.4 is 5.14 Å². The number of sulfonamides is 1. The van der Waals surface area contributed by atoms with E-state index in [1.54, 1.807) is 24.3 Å². The fourth-order valence-electron chi connectivity index (χ4n) is 2.24. The van der Waals surface area contributed by atoms with Crippen LogP contribution in [0.1, 0.15) is 0 Å². The number of nitrogens with zero attached hydrogens (tertiary/aromatic N) is 3. The highest BCUT2D eigenvalue weighted by atomic mass is 32.2. The molecule has 23 heavy (non-hydrogen) atoms. The van der Waals surface area contributed by atoms with Crippen molar-refractivity contribution in [1.29, 1.82) is 0 Å². The number of benzene rings is 2. The second-order valence-electron chi connectivity index (χ2n) is 4.70. The highest BCUT2D eigenvalue weighted by molar-refractivity contribution is 7.89. The summed E-state index contributed by atoms with van der Waals surface area (Å²) in [5.74, 6) is 0. The Balaban J connectivity index is 2.38. The standard InChI is InChI=1S/C14H10N4O4S/c15-23(21,22)13-7-3-6-12(18(19)20)14(13)11-8-16-9-4-1-2-5-10(9)17-11/h1-8H,(H2,15,21,22). The largest absolute Gasteiger partial charge is 0.280 e. The van der Waals surface area contributed by atoms with E-state index in [9.17, 15) is 18.5 Å². The number of hydrogen-bond acceptors (Lipinski definition) is 6. The third-order valence-corrected chi connectivity index (χ3v) is 4.17. The van der Waals surface area contributed by atoms with Crippen LogP contribution in [0.25, 0.3) is 22.3 Å². The summed E-state index contributed by atoms with van der Waals surface area (Å²) >= 11 is 0. The molecule has 0 fully saturated rings. The first kappa shape index (κ1) is 15.0. The lowest BCUT2D eigenvalue weighted by Gasteiger charge is -2.08. The third kappa shape index (κ3) is 2.74. The maximum absolute atomic E-state index is 11.8. The van der Waals surface area contributed by atoms with Crippen molar-refractivity contribution < 1.29 is 13.3 Å². The number of primary sulfonamides is 1. The lowest BCUT2D eigenvalue weighted by Crippen LogP contribution is -2.14. The van der Waals surface area contributed by atoms with E-state index in [1.165, 1.54) is 24.4 Å².